The maximum Gasteiger partial charge on any atom is 0.236 e. The second-order valence-corrected chi connectivity index (χ2v) is 6.72. The van der Waals surface area contributed by atoms with Crippen LogP contribution < -0.4 is 5.32 Å². The number of rotatable bonds is 5. The van der Waals surface area contributed by atoms with Gasteiger partial charge in [-0.25, -0.2) is 4.98 Å². The predicted octanol–water partition coefficient (Wildman–Crippen LogP) is 2.16. The van der Waals surface area contributed by atoms with Gasteiger partial charge in [0.15, 0.2) is 0 Å². The monoisotopic (exact) mass is 342 g/mol. The third-order valence-electron chi connectivity index (χ3n) is 4.53. The Morgan fingerprint density at radius 3 is 2.56 bits per heavy atom. The van der Waals surface area contributed by atoms with Crippen molar-refractivity contribution in [3.05, 3.63) is 48.5 Å². The average Bonchev–Trinajstić information content (AvgIpc) is 3.13. The Hall–Kier alpha value is -2.18. The molecule has 6 heteroatoms. The summed E-state index contributed by atoms with van der Waals surface area (Å²) in [6.45, 7) is 7.76. The van der Waals surface area contributed by atoms with Crippen molar-refractivity contribution in [2.24, 2.45) is 0 Å². The minimum Gasteiger partial charge on any atom is -0.372 e. The molecule has 2 aromatic rings. The van der Waals surface area contributed by atoms with Crippen molar-refractivity contribution in [2.75, 3.05) is 19.6 Å². The zero-order valence-electron chi connectivity index (χ0n) is 15.1. The number of nitrogens with one attached hydrogen (secondary N) is 1. The Morgan fingerprint density at radius 2 is 1.96 bits per heavy atom. The van der Waals surface area contributed by atoms with Gasteiger partial charge in [-0.1, -0.05) is 12.1 Å². The SMILES string of the molecule is C[C@@H]1CN(C(=O)CN[C@H](C)c2ccc(-n3ccnc3)cc2)C[C@@H](C)O1. The lowest BCUT2D eigenvalue weighted by molar-refractivity contribution is -0.142. The molecular formula is C19H26N4O2. The fourth-order valence-corrected chi connectivity index (χ4v) is 3.20. The normalized spacial score (nSPS) is 22.0. The molecule has 1 amide bonds. The highest BCUT2D eigenvalue weighted by atomic mass is 16.5. The van der Waals surface area contributed by atoms with Gasteiger partial charge in [-0.05, 0) is 38.5 Å². The topological polar surface area (TPSA) is 59.4 Å². The third kappa shape index (κ3) is 4.46. The highest BCUT2D eigenvalue weighted by Gasteiger charge is 2.25. The third-order valence-corrected chi connectivity index (χ3v) is 4.53. The summed E-state index contributed by atoms with van der Waals surface area (Å²) in [4.78, 5) is 18.4. The summed E-state index contributed by atoms with van der Waals surface area (Å²) in [5.41, 5.74) is 2.22. The Morgan fingerprint density at radius 1 is 1.28 bits per heavy atom. The van der Waals surface area contributed by atoms with E-state index in [0.29, 0.717) is 19.6 Å². The zero-order valence-corrected chi connectivity index (χ0v) is 15.1. The van der Waals surface area contributed by atoms with Crippen molar-refractivity contribution in [2.45, 2.75) is 39.0 Å². The number of aromatic nitrogens is 2. The molecule has 25 heavy (non-hydrogen) atoms. The molecule has 3 atom stereocenters. The molecule has 0 aliphatic carbocycles. The smallest absolute Gasteiger partial charge is 0.236 e. The van der Waals surface area contributed by atoms with Gasteiger partial charge < -0.3 is 19.5 Å². The molecule has 1 aliphatic rings. The fraction of sp³-hybridized carbons (Fsp3) is 0.474. The van der Waals surface area contributed by atoms with E-state index in [9.17, 15) is 4.79 Å². The maximum absolute atomic E-state index is 12.4. The van der Waals surface area contributed by atoms with Crippen LogP contribution >= 0.6 is 0 Å². The van der Waals surface area contributed by atoms with Crippen molar-refractivity contribution in [3.8, 4) is 5.69 Å². The Balaban J connectivity index is 1.53. The summed E-state index contributed by atoms with van der Waals surface area (Å²) in [5, 5.41) is 3.33. The Bertz CT molecular complexity index is 674. The number of benzene rings is 1. The molecule has 0 unspecified atom stereocenters. The van der Waals surface area contributed by atoms with Gasteiger partial charge in [-0.2, -0.15) is 0 Å². The second-order valence-electron chi connectivity index (χ2n) is 6.72. The van der Waals surface area contributed by atoms with Crippen molar-refractivity contribution < 1.29 is 9.53 Å². The zero-order chi connectivity index (χ0) is 17.8. The largest absolute Gasteiger partial charge is 0.372 e. The van der Waals surface area contributed by atoms with E-state index < -0.39 is 0 Å². The molecule has 0 saturated carbocycles. The van der Waals surface area contributed by atoms with Gasteiger partial charge in [0.05, 0.1) is 25.1 Å². The number of ether oxygens (including phenoxy) is 1. The first-order valence-corrected chi connectivity index (χ1v) is 8.78. The Labute approximate surface area is 148 Å². The first-order valence-electron chi connectivity index (χ1n) is 8.78. The van der Waals surface area contributed by atoms with Crippen LogP contribution in [0.3, 0.4) is 0 Å². The molecule has 2 heterocycles. The summed E-state index contributed by atoms with van der Waals surface area (Å²) < 4.78 is 7.65. The van der Waals surface area contributed by atoms with Crippen molar-refractivity contribution in [1.29, 1.82) is 0 Å². The second kappa shape index (κ2) is 7.80. The number of carbonyl (C=O) groups excluding carboxylic acids is 1. The standard InChI is InChI=1S/C19H26N4O2/c1-14-11-23(12-15(2)25-14)19(24)10-21-16(3)17-4-6-18(7-5-17)22-9-8-20-13-22/h4-9,13-16,21H,10-12H2,1-3H3/t14-,15-,16-/m1/s1. The summed E-state index contributed by atoms with van der Waals surface area (Å²) in [6, 6.07) is 8.38. The van der Waals surface area contributed by atoms with Gasteiger partial charge in [-0.3, -0.25) is 4.79 Å². The minimum absolute atomic E-state index is 0.0980. The molecule has 1 aliphatic heterocycles. The van der Waals surface area contributed by atoms with E-state index in [2.05, 4.69) is 41.5 Å². The molecule has 1 aromatic heterocycles. The van der Waals surface area contributed by atoms with Crippen LogP contribution in [-0.4, -0.2) is 52.2 Å². The molecule has 0 radical (unpaired) electrons. The highest BCUT2D eigenvalue weighted by Crippen LogP contribution is 2.16. The van der Waals surface area contributed by atoms with Gasteiger partial charge in [0.2, 0.25) is 5.91 Å². The maximum atomic E-state index is 12.4. The lowest BCUT2D eigenvalue weighted by atomic mass is 10.1. The number of nitrogens with zero attached hydrogens (tertiary/aromatic N) is 3. The van der Waals surface area contributed by atoms with E-state index in [0.717, 1.165) is 11.3 Å². The Kier molecular flexibility index (Phi) is 5.50. The van der Waals surface area contributed by atoms with E-state index in [1.807, 2.05) is 29.5 Å². The van der Waals surface area contributed by atoms with Crippen LogP contribution in [-0.2, 0) is 9.53 Å². The number of hydrogen-bond acceptors (Lipinski definition) is 4. The summed E-state index contributed by atoms with van der Waals surface area (Å²) >= 11 is 0. The number of imidazole rings is 1. The van der Waals surface area contributed by atoms with Crippen LogP contribution in [0, 0.1) is 0 Å². The van der Waals surface area contributed by atoms with Crippen molar-refractivity contribution in [1.82, 2.24) is 19.8 Å². The summed E-state index contributed by atoms with van der Waals surface area (Å²) in [6.07, 6.45) is 5.65. The predicted molar refractivity (Wildman–Crippen MR) is 96.6 cm³/mol. The lowest BCUT2D eigenvalue weighted by Crippen LogP contribution is -2.50. The van der Waals surface area contributed by atoms with Crippen LogP contribution in [0.15, 0.2) is 43.0 Å². The molecule has 0 spiro atoms. The van der Waals surface area contributed by atoms with Gasteiger partial charge in [0.25, 0.3) is 0 Å². The number of amides is 1. The van der Waals surface area contributed by atoms with Crippen molar-refractivity contribution in [3.63, 3.8) is 0 Å². The highest BCUT2D eigenvalue weighted by molar-refractivity contribution is 5.78. The average molecular weight is 342 g/mol. The van der Waals surface area contributed by atoms with Crippen LogP contribution in [0.5, 0.6) is 0 Å². The van der Waals surface area contributed by atoms with Crippen LogP contribution in [0.2, 0.25) is 0 Å². The molecule has 1 aromatic carbocycles. The molecule has 1 fully saturated rings. The molecule has 134 valence electrons. The van der Waals surface area contributed by atoms with E-state index >= 15 is 0 Å². The fourth-order valence-electron chi connectivity index (χ4n) is 3.20. The quantitative estimate of drug-likeness (QED) is 0.905. The lowest BCUT2D eigenvalue weighted by Gasteiger charge is -2.35. The minimum atomic E-state index is 0.0980. The molecule has 1 saturated heterocycles. The van der Waals surface area contributed by atoms with Gasteiger partial charge in [0.1, 0.15) is 0 Å². The van der Waals surface area contributed by atoms with Gasteiger partial charge >= 0.3 is 0 Å². The van der Waals surface area contributed by atoms with E-state index in [4.69, 9.17) is 4.74 Å². The van der Waals surface area contributed by atoms with Crippen LogP contribution in [0.4, 0.5) is 0 Å². The van der Waals surface area contributed by atoms with Crippen LogP contribution in [0.1, 0.15) is 32.4 Å². The first-order chi connectivity index (χ1) is 12.0. The molecule has 6 nitrogen and oxygen atoms in total. The first kappa shape index (κ1) is 17.6. The summed E-state index contributed by atoms with van der Waals surface area (Å²) in [7, 11) is 0. The van der Waals surface area contributed by atoms with E-state index in [-0.39, 0.29) is 24.2 Å². The number of morpholine rings is 1. The van der Waals surface area contributed by atoms with E-state index in [1.165, 1.54) is 0 Å². The van der Waals surface area contributed by atoms with Crippen molar-refractivity contribution >= 4 is 5.91 Å². The molecule has 3 rings (SSSR count). The van der Waals surface area contributed by atoms with Crippen LogP contribution in [0.25, 0.3) is 5.69 Å². The number of hydrogen-bond donors (Lipinski definition) is 1. The van der Waals surface area contributed by atoms with Gasteiger partial charge in [0, 0.05) is 37.2 Å². The molecule has 0 bridgehead atoms. The number of carbonyl (C=O) groups is 1. The van der Waals surface area contributed by atoms with E-state index in [1.54, 1.807) is 12.5 Å². The molecular weight excluding hydrogens is 316 g/mol. The summed E-state index contributed by atoms with van der Waals surface area (Å²) in [5.74, 6) is 0.129. The van der Waals surface area contributed by atoms with Gasteiger partial charge in [-0.15, -0.1) is 0 Å². The molecule has 1 N–H and O–H groups in total.